The molecule has 1 aliphatic carbocycles. The highest BCUT2D eigenvalue weighted by molar-refractivity contribution is 14.1. The summed E-state index contributed by atoms with van der Waals surface area (Å²) < 4.78 is 7.73. The third-order valence-electron chi connectivity index (χ3n) is 3.20. The van der Waals surface area contributed by atoms with Gasteiger partial charge in [-0.2, -0.15) is 5.10 Å². The van der Waals surface area contributed by atoms with Gasteiger partial charge in [0.05, 0.1) is 25.4 Å². The van der Waals surface area contributed by atoms with Gasteiger partial charge in [-0.15, -0.1) is 0 Å². The van der Waals surface area contributed by atoms with Gasteiger partial charge in [0, 0.05) is 5.70 Å². The summed E-state index contributed by atoms with van der Waals surface area (Å²) >= 11 is 2.10. The molecule has 1 aromatic rings. The maximum Gasteiger partial charge on any atom is 0.342 e. The van der Waals surface area contributed by atoms with Crippen LogP contribution in [0.25, 0.3) is 0 Å². The molecular formula is C12H14IN3O2. The number of rotatable bonds is 2. The Hall–Kier alpha value is -1.05. The molecule has 1 N–H and O–H groups in total. The van der Waals surface area contributed by atoms with Gasteiger partial charge in [0.25, 0.3) is 0 Å². The van der Waals surface area contributed by atoms with E-state index in [0.29, 0.717) is 18.7 Å². The van der Waals surface area contributed by atoms with E-state index < -0.39 is 0 Å². The molecule has 0 saturated heterocycles. The van der Waals surface area contributed by atoms with Crippen LogP contribution in [0.15, 0.2) is 11.3 Å². The van der Waals surface area contributed by atoms with Crippen LogP contribution in [0.4, 0.5) is 0 Å². The number of carbonyl (C=O) groups is 1. The fraction of sp³-hybridized carbons (Fsp3) is 0.500. The molecule has 3 rings (SSSR count). The number of carbonyl (C=O) groups excluding carboxylic acids is 1. The molecule has 5 nitrogen and oxygen atoms in total. The molecule has 0 spiro atoms. The number of allylic oxidation sites excluding steroid dienone is 2. The van der Waals surface area contributed by atoms with Gasteiger partial charge in [-0.05, 0) is 47.9 Å². The molecule has 18 heavy (non-hydrogen) atoms. The SMILES string of the molecule is CCOC(=O)c1c(I)nn2c1CNC(=C1CC1)C2. The van der Waals surface area contributed by atoms with Crippen LogP contribution in [0.5, 0.6) is 0 Å². The topological polar surface area (TPSA) is 56.1 Å². The van der Waals surface area contributed by atoms with Gasteiger partial charge in [-0.1, -0.05) is 0 Å². The maximum atomic E-state index is 11.9. The van der Waals surface area contributed by atoms with E-state index >= 15 is 0 Å². The number of aromatic nitrogens is 2. The number of esters is 1. The summed E-state index contributed by atoms with van der Waals surface area (Å²) in [4.78, 5) is 11.9. The molecule has 0 aromatic carbocycles. The molecule has 0 unspecified atom stereocenters. The lowest BCUT2D eigenvalue weighted by Gasteiger charge is -2.20. The normalized spacial score (nSPS) is 17.2. The number of hydrogen-bond donors (Lipinski definition) is 1. The van der Waals surface area contributed by atoms with Crippen molar-refractivity contribution in [2.45, 2.75) is 32.9 Å². The van der Waals surface area contributed by atoms with Crippen LogP contribution in [0.1, 0.15) is 35.8 Å². The minimum absolute atomic E-state index is 0.271. The third-order valence-corrected chi connectivity index (χ3v) is 3.95. The lowest BCUT2D eigenvalue weighted by Crippen LogP contribution is -2.28. The first-order valence-corrected chi connectivity index (χ1v) is 7.15. The van der Waals surface area contributed by atoms with Crippen molar-refractivity contribution in [1.82, 2.24) is 15.1 Å². The Kier molecular flexibility index (Phi) is 3.04. The Bertz CT molecular complexity index is 542. The average Bonchev–Trinajstić information content (AvgIpc) is 3.11. The van der Waals surface area contributed by atoms with Gasteiger partial charge < -0.3 is 10.1 Å². The van der Waals surface area contributed by atoms with Crippen molar-refractivity contribution < 1.29 is 9.53 Å². The van der Waals surface area contributed by atoms with Gasteiger partial charge in [0.2, 0.25) is 0 Å². The second-order valence-corrected chi connectivity index (χ2v) is 5.45. The standard InChI is InChI=1S/C12H14IN3O2/c1-2-18-12(17)10-9-5-14-8(7-3-4-7)6-16(9)15-11(10)13/h14H,2-6H2,1H3. The van der Waals surface area contributed by atoms with E-state index in [-0.39, 0.29) is 5.97 Å². The van der Waals surface area contributed by atoms with Gasteiger partial charge in [-0.25, -0.2) is 4.79 Å². The van der Waals surface area contributed by atoms with Crippen LogP contribution in [-0.2, 0) is 17.8 Å². The van der Waals surface area contributed by atoms with Crippen molar-refractivity contribution in [2.24, 2.45) is 0 Å². The number of fused-ring (bicyclic) bond motifs is 1. The zero-order chi connectivity index (χ0) is 12.7. The fourth-order valence-electron chi connectivity index (χ4n) is 2.18. The highest BCUT2D eigenvalue weighted by Crippen LogP contribution is 2.33. The van der Waals surface area contributed by atoms with E-state index in [0.717, 1.165) is 15.9 Å². The van der Waals surface area contributed by atoms with Crippen LogP contribution in [0.3, 0.4) is 0 Å². The van der Waals surface area contributed by atoms with Crippen LogP contribution in [0, 0.1) is 3.70 Å². The smallest absolute Gasteiger partial charge is 0.342 e. The summed E-state index contributed by atoms with van der Waals surface area (Å²) in [5.41, 5.74) is 4.31. The Morgan fingerprint density at radius 2 is 2.33 bits per heavy atom. The molecule has 96 valence electrons. The number of ether oxygens (including phenoxy) is 1. The summed E-state index contributed by atoms with van der Waals surface area (Å²) in [5, 5.41) is 7.84. The fourth-order valence-corrected chi connectivity index (χ4v) is 2.97. The number of hydrogen-bond acceptors (Lipinski definition) is 4. The van der Waals surface area contributed by atoms with Crippen LogP contribution < -0.4 is 5.32 Å². The minimum atomic E-state index is -0.271. The number of nitrogens with one attached hydrogen (secondary N) is 1. The molecule has 0 amide bonds. The lowest BCUT2D eigenvalue weighted by atomic mass is 10.2. The predicted octanol–water partition coefficient (Wildman–Crippen LogP) is 1.82. The number of nitrogens with zero attached hydrogens (tertiary/aromatic N) is 2. The van der Waals surface area contributed by atoms with Crippen molar-refractivity contribution in [1.29, 1.82) is 0 Å². The lowest BCUT2D eigenvalue weighted by molar-refractivity contribution is 0.0523. The highest BCUT2D eigenvalue weighted by atomic mass is 127. The van der Waals surface area contributed by atoms with Crippen LogP contribution in [0.2, 0.25) is 0 Å². The zero-order valence-electron chi connectivity index (χ0n) is 10.1. The van der Waals surface area contributed by atoms with E-state index in [2.05, 4.69) is 33.0 Å². The second kappa shape index (κ2) is 4.56. The molecule has 1 fully saturated rings. The first kappa shape index (κ1) is 12.0. The highest BCUT2D eigenvalue weighted by Gasteiger charge is 2.28. The Labute approximate surface area is 119 Å². The number of halogens is 1. The van der Waals surface area contributed by atoms with Crippen molar-refractivity contribution in [3.63, 3.8) is 0 Å². The van der Waals surface area contributed by atoms with E-state index in [9.17, 15) is 4.79 Å². The molecule has 1 aliphatic heterocycles. The van der Waals surface area contributed by atoms with Crippen molar-refractivity contribution in [3.8, 4) is 0 Å². The van der Waals surface area contributed by atoms with Gasteiger partial charge in [-0.3, -0.25) is 4.68 Å². The first-order chi connectivity index (χ1) is 8.70. The minimum Gasteiger partial charge on any atom is -0.462 e. The molecule has 1 aromatic heterocycles. The molecule has 2 heterocycles. The quantitative estimate of drug-likeness (QED) is 0.647. The summed E-state index contributed by atoms with van der Waals surface area (Å²) in [7, 11) is 0. The second-order valence-electron chi connectivity index (χ2n) is 4.43. The Balaban J connectivity index is 1.94. The van der Waals surface area contributed by atoms with Crippen LogP contribution in [-0.4, -0.2) is 22.4 Å². The van der Waals surface area contributed by atoms with E-state index in [1.54, 1.807) is 0 Å². The van der Waals surface area contributed by atoms with Crippen LogP contribution >= 0.6 is 22.6 Å². The van der Waals surface area contributed by atoms with E-state index in [4.69, 9.17) is 4.74 Å². The summed E-state index contributed by atoms with van der Waals surface area (Å²) in [6.07, 6.45) is 2.39. The molecule has 6 heteroatoms. The predicted molar refractivity (Wildman–Crippen MR) is 74.0 cm³/mol. The molecule has 2 aliphatic rings. The summed E-state index contributed by atoms with van der Waals surface area (Å²) in [6.45, 7) is 3.61. The van der Waals surface area contributed by atoms with Crippen molar-refractivity contribution >= 4 is 28.6 Å². The molecule has 0 radical (unpaired) electrons. The first-order valence-electron chi connectivity index (χ1n) is 6.07. The van der Waals surface area contributed by atoms with Gasteiger partial charge >= 0.3 is 5.97 Å². The third kappa shape index (κ3) is 2.02. The largest absolute Gasteiger partial charge is 0.462 e. The molecular weight excluding hydrogens is 345 g/mol. The van der Waals surface area contributed by atoms with E-state index in [1.165, 1.54) is 24.1 Å². The Morgan fingerprint density at radius 1 is 1.56 bits per heavy atom. The van der Waals surface area contributed by atoms with Gasteiger partial charge in [0.15, 0.2) is 0 Å². The molecule has 0 bridgehead atoms. The monoisotopic (exact) mass is 359 g/mol. The molecule has 1 saturated carbocycles. The molecule has 0 atom stereocenters. The van der Waals surface area contributed by atoms with E-state index in [1.807, 2.05) is 11.6 Å². The Morgan fingerprint density at radius 3 is 3.00 bits per heavy atom. The maximum absolute atomic E-state index is 11.9. The summed E-state index contributed by atoms with van der Waals surface area (Å²) in [6, 6.07) is 0. The average molecular weight is 359 g/mol. The van der Waals surface area contributed by atoms with Crippen molar-refractivity contribution in [2.75, 3.05) is 6.61 Å². The zero-order valence-corrected chi connectivity index (χ0v) is 12.3. The summed E-state index contributed by atoms with van der Waals surface area (Å²) in [5.74, 6) is -0.271. The van der Waals surface area contributed by atoms with Gasteiger partial charge in [0.1, 0.15) is 9.26 Å². The van der Waals surface area contributed by atoms with Crippen molar-refractivity contribution in [3.05, 3.63) is 26.2 Å².